The van der Waals surface area contributed by atoms with Gasteiger partial charge in [0.2, 0.25) is 0 Å². The van der Waals surface area contributed by atoms with Crippen LogP contribution in [0.1, 0.15) is 45.1 Å². The Bertz CT molecular complexity index is 549. The van der Waals surface area contributed by atoms with E-state index in [1.165, 1.54) is 16.4 Å². The van der Waals surface area contributed by atoms with Crippen LogP contribution in [0, 0.1) is 0 Å². The molecular weight excluding hydrogens is 306 g/mol. The summed E-state index contributed by atoms with van der Waals surface area (Å²) in [5, 5.41) is 6.80. The number of nitrogens with one attached hydrogen (secondary N) is 1. The van der Waals surface area contributed by atoms with Crippen LogP contribution >= 0.6 is 11.8 Å². The van der Waals surface area contributed by atoms with Gasteiger partial charge in [0, 0.05) is 7.05 Å². The first-order valence-electron chi connectivity index (χ1n) is 7.06. The molecule has 0 fully saturated rings. The Labute approximate surface area is 134 Å². The molecule has 0 bridgehead atoms. The van der Waals surface area contributed by atoms with Gasteiger partial charge < -0.3 is 9.47 Å². The summed E-state index contributed by atoms with van der Waals surface area (Å²) in [6.07, 6.45) is -0.594. The average molecular weight is 329 g/mol. The van der Waals surface area contributed by atoms with Gasteiger partial charge in [0.05, 0.1) is 11.5 Å². The Morgan fingerprint density at radius 2 is 1.95 bits per heavy atom. The molecule has 0 unspecified atom stereocenters. The minimum atomic E-state index is -0.606. The lowest BCUT2D eigenvalue weighted by Gasteiger charge is -2.20. The molecule has 0 aliphatic rings. The van der Waals surface area contributed by atoms with Gasteiger partial charge in [-0.3, -0.25) is 10.00 Å². The molecule has 0 spiro atoms. The number of nitrogens with zero attached hydrogens (tertiary/aromatic N) is 2. The van der Waals surface area contributed by atoms with Crippen LogP contribution in [0.2, 0.25) is 0 Å². The SMILES string of the molecule is CCOC(=O)c1nn(C)c(NC(=O)OC(C)(C)C)c1SCC. The molecule has 0 aliphatic carbocycles. The van der Waals surface area contributed by atoms with E-state index >= 15 is 0 Å². The van der Waals surface area contributed by atoms with Gasteiger partial charge in [0.15, 0.2) is 5.69 Å². The molecule has 1 aromatic rings. The van der Waals surface area contributed by atoms with Gasteiger partial charge in [-0.25, -0.2) is 9.59 Å². The first kappa shape index (κ1) is 18.3. The lowest BCUT2D eigenvalue weighted by molar-refractivity contribution is 0.0513. The van der Waals surface area contributed by atoms with Gasteiger partial charge in [-0.1, -0.05) is 6.92 Å². The van der Waals surface area contributed by atoms with Crippen molar-refractivity contribution in [3.63, 3.8) is 0 Å². The van der Waals surface area contributed by atoms with Gasteiger partial charge in [0.1, 0.15) is 11.4 Å². The molecule has 0 saturated heterocycles. The molecular formula is C14H23N3O4S. The first-order chi connectivity index (χ1) is 10.2. The van der Waals surface area contributed by atoms with Crippen LogP contribution in [-0.2, 0) is 16.5 Å². The summed E-state index contributed by atoms with van der Waals surface area (Å²) in [5.41, 5.74) is -0.410. The van der Waals surface area contributed by atoms with E-state index in [1.54, 1.807) is 34.7 Å². The second kappa shape index (κ2) is 7.53. The molecule has 124 valence electrons. The Balaban J connectivity index is 3.08. The van der Waals surface area contributed by atoms with Gasteiger partial charge in [0.25, 0.3) is 0 Å². The van der Waals surface area contributed by atoms with E-state index < -0.39 is 17.7 Å². The van der Waals surface area contributed by atoms with E-state index in [0.717, 1.165) is 5.75 Å². The number of thioether (sulfide) groups is 1. The normalized spacial score (nSPS) is 11.2. The molecule has 1 amide bonds. The maximum absolute atomic E-state index is 12.0. The Hall–Kier alpha value is -1.70. The summed E-state index contributed by atoms with van der Waals surface area (Å²) in [6, 6.07) is 0. The van der Waals surface area contributed by atoms with Crippen LogP contribution in [0.15, 0.2) is 4.90 Å². The number of carbonyl (C=O) groups is 2. The van der Waals surface area contributed by atoms with Crippen molar-refractivity contribution in [1.29, 1.82) is 0 Å². The van der Waals surface area contributed by atoms with Crippen molar-refractivity contribution in [1.82, 2.24) is 9.78 Å². The topological polar surface area (TPSA) is 82.5 Å². The van der Waals surface area contributed by atoms with Gasteiger partial charge >= 0.3 is 12.1 Å². The summed E-state index contributed by atoms with van der Waals surface area (Å²) >= 11 is 1.41. The molecule has 8 heteroatoms. The van der Waals surface area contributed by atoms with Crippen molar-refractivity contribution < 1.29 is 19.1 Å². The molecule has 0 aliphatic heterocycles. The second-order valence-electron chi connectivity index (χ2n) is 5.43. The third-order valence-electron chi connectivity index (χ3n) is 2.38. The molecule has 1 N–H and O–H groups in total. The van der Waals surface area contributed by atoms with E-state index in [-0.39, 0.29) is 12.3 Å². The van der Waals surface area contributed by atoms with Crippen LogP contribution in [0.3, 0.4) is 0 Å². The highest BCUT2D eigenvalue weighted by Crippen LogP contribution is 2.31. The second-order valence-corrected chi connectivity index (χ2v) is 6.70. The fourth-order valence-corrected chi connectivity index (χ4v) is 2.53. The van der Waals surface area contributed by atoms with Crippen molar-refractivity contribution >= 4 is 29.6 Å². The number of carbonyl (C=O) groups excluding carboxylic acids is 2. The Morgan fingerprint density at radius 1 is 1.32 bits per heavy atom. The van der Waals surface area contributed by atoms with Crippen molar-refractivity contribution in [3.8, 4) is 0 Å². The summed E-state index contributed by atoms with van der Waals surface area (Å²) in [7, 11) is 1.65. The van der Waals surface area contributed by atoms with E-state index in [9.17, 15) is 9.59 Å². The summed E-state index contributed by atoms with van der Waals surface area (Å²) in [5.74, 6) is 0.636. The largest absolute Gasteiger partial charge is 0.461 e. The van der Waals surface area contributed by atoms with Crippen LogP contribution in [-0.4, -0.2) is 39.8 Å². The third-order valence-corrected chi connectivity index (χ3v) is 3.34. The van der Waals surface area contributed by atoms with E-state index in [0.29, 0.717) is 10.7 Å². The number of esters is 1. The number of aryl methyl sites for hydroxylation is 1. The standard InChI is InChI=1S/C14H23N3O4S/c1-7-20-12(18)9-10(22-8-2)11(17(6)16-9)15-13(19)21-14(3,4)5/h7-8H2,1-6H3,(H,15,19). The average Bonchev–Trinajstić information content (AvgIpc) is 2.66. The molecule has 0 atom stereocenters. The van der Waals surface area contributed by atoms with Crippen molar-refractivity contribution in [3.05, 3.63) is 5.69 Å². The fraction of sp³-hybridized carbons (Fsp3) is 0.643. The zero-order chi connectivity index (χ0) is 16.9. The Kier molecular flexibility index (Phi) is 6.28. The number of hydrogen-bond donors (Lipinski definition) is 1. The maximum Gasteiger partial charge on any atom is 0.413 e. The monoisotopic (exact) mass is 329 g/mol. The number of aromatic nitrogens is 2. The number of ether oxygens (including phenoxy) is 2. The summed E-state index contributed by atoms with van der Waals surface area (Å²) < 4.78 is 11.7. The van der Waals surface area contributed by atoms with E-state index in [4.69, 9.17) is 9.47 Å². The molecule has 1 heterocycles. The molecule has 0 radical (unpaired) electrons. The molecule has 1 aromatic heterocycles. The highest BCUT2D eigenvalue weighted by molar-refractivity contribution is 7.99. The molecule has 22 heavy (non-hydrogen) atoms. The van der Waals surface area contributed by atoms with Crippen molar-refractivity contribution in [2.24, 2.45) is 7.05 Å². The van der Waals surface area contributed by atoms with Crippen LogP contribution in [0.5, 0.6) is 0 Å². The number of rotatable bonds is 5. The molecule has 1 rings (SSSR count). The summed E-state index contributed by atoms with van der Waals surface area (Å²) in [6.45, 7) is 9.28. The zero-order valence-corrected chi connectivity index (χ0v) is 14.7. The quantitative estimate of drug-likeness (QED) is 0.660. The highest BCUT2D eigenvalue weighted by Gasteiger charge is 2.25. The number of amides is 1. The molecule has 0 aromatic carbocycles. The maximum atomic E-state index is 12.0. The lowest BCUT2D eigenvalue weighted by atomic mass is 10.2. The van der Waals surface area contributed by atoms with Gasteiger partial charge in [-0.2, -0.15) is 5.10 Å². The van der Waals surface area contributed by atoms with Crippen molar-refractivity contribution in [2.75, 3.05) is 17.7 Å². The fourth-order valence-electron chi connectivity index (χ4n) is 1.66. The highest BCUT2D eigenvalue weighted by atomic mass is 32.2. The predicted octanol–water partition coefficient (Wildman–Crippen LogP) is 3.06. The zero-order valence-electron chi connectivity index (χ0n) is 13.8. The predicted molar refractivity (Wildman–Crippen MR) is 85.4 cm³/mol. The van der Waals surface area contributed by atoms with E-state index in [1.807, 2.05) is 6.92 Å². The minimum Gasteiger partial charge on any atom is -0.461 e. The first-order valence-corrected chi connectivity index (χ1v) is 8.05. The van der Waals surface area contributed by atoms with Crippen LogP contribution in [0.4, 0.5) is 10.6 Å². The minimum absolute atomic E-state index is 0.197. The van der Waals surface area contributed by atoms with Crippen molar-refractivity contribution in [2.45, 2.75) is 45.1 Å². The lowest BCUT2D eigenvalue weighted by Crippen LogP contribution is -2.28. The van der Waals surface area contributed by atoms with Gasteiger partial charge in [-0.15, -0.1) is 11.8 Å². The van der Waals surface area contributed by atoms with E-state index in [2.05, 4.69) is 10.4 Å². The van der Waals surface area contributed by atoms with Gasteiger partial charge in [-0.05, 0) is 33.4 Å². The third kappa shape index (κ3) is 4.94. The van der Waals surface area contributed by atoms with Crippen LogP contribution in [0.25, 0.3) is 0 Å². The number of anilines is 1. The Morgan fingerprint density at radius 3 is 2.45 bits per heavy atom. The summed E-state index contributed by atoms with van der Waals surface area (Å²) in [4.78, 5) is 24.5. The number of hydrogen-bond acceptors (Lipinski definition) is 6. The smallest absolute Gasteiger partial charge is 0.413 e. The van der Waals surface area contributed by atoms with Crippen LogP contribution < -0.4 is 5.32 Å². The molecule has 0 saturated carbocycles. The molecule has 7 nitrogen and oxygen atoms in total.